The number of rotatable bonds is 7. The zero-order valence-electron chi connectivity index (χ0n) is 11.4. The van der Waals surface area contributed by atoms with E-state index in [1.54, 1.807) is 0 Å². The second-order valence-electron chi connectivity index (χ2n) is 5.33. The molecule has 2 nitrogen and oxygen atoms in total. The van der Waals surface area contributed by atoms with Gasteiger partial charge >= 0.3 is 6.18 Å². The largest absolute Gasteiger partial charge is 0.391 e. The Kier molecular flexibility index (Phi) is 5.46. The van der Waals surface area contributed by atoms with E-state index in [1.807, 2.05) is 0 Å². The summed E-state index contributed by atoms with van der Waals surface area (Å²) in [6.07, 6.45) is -2.20. The Bertz CT molecular complexity index is 257. The van der Waals surface area contributed by atoms with Gasteiger partial charge in [-0.25, -0.2) is 0 Å². The van der Waals surface area contributed by atoms with E-state index in [4.69, 9.17) is 4.74 Å². The molecule has 0 amide bonds. The fourth-order valence-electron chi connectivity index (χ4n) is 2.50. The lowest BCUT2D eigenvalue weighted by Crippen LogP contribution is -2.62. The highest BCUT2D eigenvalue weighted by Crippen LogP contribution is 2.46. The van der Waals surface area contributed by atoms with Gasteiger partial charge in [0.1, 0.15) is 0 Å². The molecule has 0 bridgehead atoms. The summed E-state index contributed by atoms with van der Waals surface area (Å²) in [5.41, 5.74) is -0.0270. The molecular formula is C13H24F3NO. The van der Waals surface area contributed by atoms with Gasteiger partial charge in [0.05, 0.1) is 19.1 Å². The summed E-state index contributed by atoms with van der Waals surface area (Å²) in [5, 5.41) is 3.44. The molecule has 1 saturated carbocycles. The van der Waals surface area contributed by atoms with Crippen LogP contribution >= 0.6 is 0 Å². The Morgan fingerprint density at radius 2 is 2.00 bits per heavy atom. The van der Waals surface area contributed by atoms with E-state index >= 15 is 0 Å². The second-order valence-corrected chi connectivity index (χ2v) is 5.33. The molecule has 1 N–H and O–H groups in total. The molecule has 1 aliphatic carbocycles. The van der Waals surface area contributed by atoms with Crippen molar-refractivity contribution in [3.8, 4) is 0 Å². The third-order valence-corrected chi connectivity index (χ3v) is 4.09. The first kappa shape index (κ1) is 15.8. The van der Waals surface area contributed by atoms with Crippen molar-refractivity contribution in [2.75, 3.05) is 13.2 Å². The first-order chi connectivity index (χ1) is 8.33. The molecular weight excluding hydrogens is 243 g/mol. The first-order valence-electron chi connectivity index (χ1n) is 6.75. The van der Waals surface area contributed by atoms with Crippen molar-refractivity contribution in [1.82, 2.24) is 5.32 Å². The molecule has 0 aromatic rings. The number of nitrogens with one attached hydrogen (secondary N) is 1. The van der Waals surface area contributed by atoms with Gasteiger partial charge < -0.3 is 10.1 Å². The van der Waals surface area contributed by atoms with E-state index in [0.29, 0.717) is 6.04 Å². The van der Waals surface area contributed by atoms with E-state index < -0.39 is 12.6 Å². The van der Waals surface area contributed by atoms with Gasteiger partial charge in [0, 0.05) is 11.5 Å². The summed E-state index contributed by atoms with van der Waals surface area (Å²) in [5.74, 6) is 0. The van der Waals surface area contributed by atoms with Crippen LogP contribution in [0, 0.1) is 5.41 Å². The Morgan fingerprint density at radius 3 is 2.50 bits per heavy atom. The molecule has 0 saturated heterocycles. The Labute approximate surface area is 107 Å². The van der Waals surface area contributed by atoms with Crippen molar-refractivity contribution in [2.45, 2.75) is 64.8 Å². The predicted octanol–water partition coefficient (Wildman–Crippen LogP) is 3.51. The summed E-state index contributed by atoms with van der Waals surface area (Å²) in [6, 6.07) is 0.373. The molecule has 0 radical (unpaired) electrons. The van der Waals surface area contributed by atoms with Crippen molar-refractivity contribution >= 4 is 0 Å². The van der Waals surface area contributed by atoms with Crippen LogP contribution in [0.3, 0.4) is 0 Å². The Morgan fingerprint density at radius 1 is 1.33 bits per heavy atom. The molecule has 18 heavy (non-hydrogen) atoms. The van der Waals surface area contributed by atoms with E-state index in [0.717, 1.165) is 25.8 Å². The van der Waals surface area contributed by atoms with Crippen LogP contribution in [0.25, 0.3) is 0 Å². The van der Waals surface area contributed by atoms with Crippen LogP contribution in [0.2, 0.25) is 0 Å². The summed E-state index contributed by atoms with van der Waals surface area (Å²) in [6.45, 7) is 7.01. The van der Waals surface area contributed by atoms with Gasteiger partial charge in [0.15, 0.2) is 0 Å². The zero-order chi connectivity index (χ0) is 13.8. The smallest absolute Gasteiger partial charge is 0.377 e. The number of alkyl halides is 3. The number of ether oxygens (including phenoxy) is 1. The third-order valence-electron chi connectivity index (χ3n) is 4.09. The summed E-state index contributed by atoms with van der Waals surface area (Å²) in [4.78, 5) is 0. The third kappa shape index (κ3) is 3.85. The highest BCUT2D eigenvalue weighted by Gasteiger charge is 2.50. The molecule has 3 atom stereocenters. The normalized spacial score (nSPS) is 32.3. The fourth-order valence-corrected chi connectivity index (χ4v) is 2.50. The molecule has 108 valence electrons. The maximum absolute atomic E-state index is 12.1. The summed E-state index contributed by atoms with van der Waals surface area (Å²) >= 11 is 0. The topological polar surface area (TPSA) is 21.3 Å². The number of hydrogen-bond acceptors (Lipinski definition) is 2. The van der Waals surface area contributed by atoms with Crippen molar-refractivity contribution in [1.29, 1.82) is 0 Å². The predicted molar refractivity (Wildman–Crippen MR) is 65.5 cm³/mol. The monoisotopic (exact) mass is 267 g/mol. The van der Waals surface area contributed by atoms with Crippen LogP contribution in [-0.4, -0.2) is 31.5 Å². The van der Waals surface area contributed by atoms with E-state index in [2.05, 4.69) is 26.1 Å². The highest BCUT2D eigenvalue weighted by molar-refractivity contribution is 5.04. The first-order valence-corrected chi connectivity index (χ1v) is 6.75. The van der Waals surface area contributed by atoms with Crippen molar-refractivity contribution < 1.29 is 17.9 Å². The molecule has 1 rings (SSSR count). The second kappa shape index (κ2) is 6.24. The van der Waals surface area contributed by atoms with Gasteiger partial charge in [-0.1, -0.05) is 20.8 Å². The maximum atomic E-state index is 12.1. The van der Waals surface area contributed by atoms with Crippen molar-refractivity contribution in [3.63, 3.8) is 0 Å². The SMILES string of the molecule is CCCNC1CC(OCCC(F)(F)F)C1(C)CC. The van der Waals surface area contributed by atoms with Crippen LogP contribution in [0.5, 0.6) is 0 Å². The summed E-state index contributed by atoms with van der Waals surface area (Å²) < 4.78 is 41.6. The molecule has 0 aromatic carbocycles. The van der Waals surface area contributed by atoms with E-state index in [-0.39, 0.29) is 18.1 Å². The molecule has 1 fully saturated rings. The molecule has 1 aliphatic rings. The van der Waals surface area contributed by atoms with Gasteiger partial charge in [0.2, 0.25) is 0 Å². The fraction of sp³-hybridized carbons (Fsp3) is 1.00. The van der Waals surface area contributed by atoms with Crippen LogP contribution < -0.4 is 5.32 Å². The van der Waals surface area contributed by atoms with Gasteiger partial charge in [-0.3, -0.25) is 0 Å². The minimum atomic E-state index is -4.12. The average molecular weight is 267 g/mol. The van der Waals surface area contributed by atoms with Gasteiger partial charge in [-0.2, -0.15) is 13.2 Å². The minimum Gasteiger partial charge on any atom is -0.377 e. The zero-order valence-corrected chi connectivity index (χ0v) is 11.4. The molecule has 0 aliphatic heterocycles. The lowest BCUT2D eigenvalue weighted by Gasteiger charge is -2.54. The van der Waals surface area contributed by atoms with Crippen LogP contribution in [0.4, 0.5) is 13.2 Å². The van der Waals surface area contributed by atoms with Crippen LogP contribution in [0.1, 0.15) is 46.5 Å². The Balaban J connectivity index is 2.35. The minimum absolute atomic E-state index is 0.0270. The molecule has 0 heterocycles. The van der Waals surface area contributed by atoms with E-state index in [1.165, 1.54) is 0 Å². The van der Waals surface area contributed by atoms with Gasteiger partial charge in [-0.15, -0.1) is 0 Å². The molecule has 5 heteroatoms. The Hall–Kier alpha value is -0.290. The van der Waals surface area contributed by atoms with Crippen LogP contribution in [0.15, 0.2) is 0 Å². The quantitative estimate of drug-likeness (QED) is 0.762. The van der Waals surface area contributed by atoms with E-state index in [9.17, 15) is 13.2 Å². The standard InChI is InChI=1S/C13H24F3NO/c1-4-7-17-10-9-11(12(10,3)5-2)18-8-6-13(14,15)16/h10-11,17H,4-9H2,1-3H3. The van der Waals surface area contributed by atoms with Crippen molar-refractivity contribution in [2.24, 2.45) is 5.41 Å². The molecule has 3 unspecified atom stereocenters. The molecule has 0 spiro atoms. The number of halogens is 3. The maximum Gasteiger partial charge on any atom is 0.391 e. The molecule has 0 aromatic heterocycles. The van der Waals surface area contributed by atoms with Crippen LogP contribution in [-0.2, 0) is 4.74 Å². The van der Waals surface area contributed by atoms with Crippen molar-refractivity contribution in [3.05, 3.63) is 0 Å². The van der Waals surface area contributed by atoms with Gasteiger partial charge in [0.25, 0.3) is 0 Å². The highest BCUT2D eigenvalue weighted by atomic mass is 19.4. The van der Waals surface area contributed by atoms with Gasteiger partial charge in [-0.05, 0) is 25.8 Å². The number of hydrogen-bond donors (Lipinski definition) is 1. The summed E-state index contributed by atoms with van der Waals surface area (Å²) in [7, 11) is 0. The lowest BCUT2D eigenvalue weighted by atomic mass is 9.61. The lowest BCUT2D eigenvalue weighted by molar-refractivity contribution is -0.174. The average Bonchev–Trinajstić information content (AvgIpc) is 2.29.